The van der Waals surface area contributed by atoms with E-state index in [1.54, 1.807) is 37.3 Å². The maximum atomic E-state index is 12.9. The summed E-state index contributed by atoms with van der Waals surface area (Å²) in [6, 6.07) is 8.04. The van der Waals surface area contributed by atoms with Crippen LogP contribution in [0.3, 0.4) is 0 Å². The van der Waals surface area contributed by atoms with Gasteiger partial charge >= 0.3 is 13.5 Å². The Balaban J connectivity index is 2.98. The number of allylic oxidation sites excluding steroid dienone is 3. The average Bonchev–Trinajstić information content (AvgIpc) is 2.46. The number of carbonyl (C=O) groups excluding carboxylic acids is 1. The molecule has 0 aromatic heterocycles. The van der Waals surface area contributed by atoms with E-state index in [1.807, 2.05) is 26.0 Å². The van der Waals surface area contributed by atoms with Crippen LogP contribution in [0.25, 0.3) is 0 Å². The van der Waals surface area contributed by atoms with Gasteiger partial charge in [0, 0.05) is 5.82 Å². The van der Waals surface area contributed by atoms with Crippen molar-refractivity contribution in [3.05, 3.63) is 53.9 Å². The molecule has 1 aromatic carbocycles. The second kappa shape index (κ2) is 8.57. The van der Waals surface area contributed by atoms with Crippen molar-refractivity contribution in [3.8, 4) is 5.75 Å². The Morgan fingerprint density at radius 2 is 1.91 bits per heavy atom. The monoisotopic (exact) mass is 323 g/mol. The zero-order chi connectivity index (χ0) is 16.6. The summed E-state index contributed by atoms with van der Waals surface area (Å²) in [7, 11) is -2.12. The first-order valence-electron chi connectivity index (χ1n) is 6.89. The molecular formula is C16H22NO4P. The topological polar surface area (TPSA) is 64.6 Å². The van der Waals surface area contributed by atoms with Gasteiger partial charge in [0.05, 0.1) is 7.11 Å². The standard InChI is InChI=1S/C16H22NO4P/c1-13(2)9-8-12-22(19,17-14(3)16(18)20-4)21-15-10-6-5-7-11-15/h5-12,14H,1-4H3,(H,17,19)/b12-8+/t14-,22?/m0/s1. The maximum Gasteiger partial charge on any atom is 0.340 e. The number of nitrogens with one attached hydrogen (secondary N) is 1. The van der Waals surface area contributed by atoms with Gasteiger partial charge < -0.3 is 9.26 Å². The fourth-order valence-electron chi connectivity index (χ4n) is 1.59. The maximum absolute atomic E-state index is 12.9. The molecule has 1 N–H and O–H groups in total. The van der Waals surface area contributed by atoms with Crippen LogP contribution in [0.15, 0.2) is 53.9 Å². The SMILES string of the molecule is COC(=O)[C@H](C)NP(=O)(/C=C/C=C(C)C)Oc1ccccc1. The number of hydrogen-bond donors (Lipinski definition) is 1. The third-order valence-corrected chi connectivity index (χ3v) is 4.42. The minimum absolute atomic E-state index is 0.456. The van der Waals surface area contributed by atoms with Gasteiger partial charge in [-0.1, -0.05) is 35.9 Å². The van der Waals surface area contributed by atoms with E-state index < -0.39 is 19.5 Å². The van der Waals surface area contributed by atoms with Crippen LogP contribution < -0.4 is 9.61 Å². The molecule has 1 aromatic rings. The predicted molar refractivity (Wildman–Crippen MR) is 87.9 cm³/mol. The molecule has 0 bridgehead atoms. The molecule has 0 saturated heterocycles. The molecule has 0 spiro atoms. The first-order chi connectivity index (χ1) is 10.4. The molecule has 5 nitrogen and oxygen atoms in total. The zero-order valence-electron chi connectivity index (χ0n) is 13.3. The number of hydrogen-bond acceptors (Lipinski definition) is 4. The van der Waals surface area contributed by atoms with Crippen LogP contribution >= 0.6 is 7.52 Å². The van der Waals surface area contributed by atoms with Crippen molar-refractivity contribution in [2.75, 3.05) is 7.11 Å². The molecule has 0 radical (unpaired) electrons. The molecule has 0 aliphatic rings. The summed E-state index contributed by atoms with van der Waals surface area (Å²) in [5.74, 6) is 1.39. The van der Waals surface area contributed by atoms with E-state index in [0.29, 0.717) is 5.75 Å². The number of esters is 1. The van der Waals surface area contributed by atoms with Crippen molar-refractivity contribution >= 4 is 13.5 Å². The molecule has 0 fully saturated rings. The van der Waals surface area contributed by atoms with Crippen molar-refractivity contribution < 1.29 is 18.6 Å². The van der Waals surface area contributed by atoms with Gasteiger partial charge in [-0.3, -0.25) is 9.36 Å². The number of para-hydroxylation sites is 1. The number of methoxy groups -OCH3 is 1. The summed E-state index contributed by atoms with van der Waals surface area (Å²) in [6.07, 6.45) is 3.46. The number of ether oxygens (including phenoxy) is 1. The Bertz CT molecular complexity index is 591. The highest BCUT2D eigenvalue weighted by molar-refractivity contribution is 7.60. The van der Waals surface area contributed by atoms with Crippen LogP contribution in [-0.2, 0) is 14.1 Å². The van der Waals surface area contributed by atoms with Crippen molar-refractivity contribution in [2.24, 2.45) is 0 Å². The van der Waals surface area contributed by atoms with Crippen molar-refractivity contribution in [1.29, 1.82) is 0 Å². The molecule has 1 unspecified atom stereocenters. The van der Waals surface area contributed by atoms with Gasteiger partial charge in [0.25, 0.3) is 0 Å². The van der Waals surface area contributed by atoms with Gasteiger partial charge in [-0.05, 0) is 32.9 Å². The molecule has 120 valence electrons. The highest BCUT2D eigenvalue weighted by Crippen LogP contribution is 2.45. The fraction of sp³-hybridized carbons (Fsp3) is 0.312. The normalized spacial score (nSPS) is 14.9. The first kappa shape index (κ1) is 18.2. The summed E-state index contributed by atoms with van der Waals surface area (Å²) in [5.41, 5.74) is 1.06. The van der Waals surface area contributed by atoms with Gasteiger partial charge in [-0.25, -0.2) is 5.09 Å². The molecule has 1 rings (SSSR count). The molecule has 0 aliphatic heterocycles. The summed E-state index contributed by atoms with van der Waals surface area (Å²) in [4.78, 5) is 11.5. The van der Waals surface area contributed by atoms with Crippen molar-refractivity contribution in [3.63, 3.8) is 0 Å². The van der Waals surface area contributed by atoms with Gasteiger partial charge in [-0.15, -0.1) is 0 Å². The Morgan fingerprint density at radius 1 is 1.27 bits per heavy atom. The molecule has 0 heterocycles. The van der Waals surface area contributed by atoms with Crippen LogP contribution in [0.1, 0.15) is 20.8 Å². The van der Waals surface area contributed by atoms with Gasteiger partial charge in [0.2, 0.25) is 0 Å². The number of rotatable bonds is 7. The average molecular weight is 323 g/mol. The second-order valence-corrected chi connectivity index (χ2v) is 6.89. The molecule has 2 atom stereocenters. The molecular weight excluding hydrogens is 301 g/mol. The van der Waals surface area contributed by atoms with Crippen LogP contribution in [0.2, 0.25) is 0 Å². The first-order valence-corrected chi connectivity index (χ1v) is 8.58. The predicted octanol–water partition coefficient (Wildman–Crippen LogP) is 3.89. The Kier molecular flexibility index (Phi) is 7.09. The van der Waals surface area contributed by atoms with Crippen molar-refractivity contribution in [2.45, 2.75) is 26.8 Å². The largest absolute Gasteiger partial charge is 0.468 e. The lowest BCUT2D eigenvalue weighted by Gasteiger charge is -2.20. The minimum atomic E-state index is -3.40. The summed E-state index contributed by atoms with van der Waals surface area (Å²) >= 11 is 0. The smallest absolute Gasteiger partial charge is 0.340 e. The van der Waals surface area contributed by atoms with E-state index in [0.717, 1.165) is 5.57 Å². The van der Waals surface area contributed by atoms with E-state index in [-0.39, 0.29) is 0 Å². The fourth-order valence-corrected chi connectivity index (χ4v) is 3.18. The lowest BCUT2D eigenvalue weighted by molar-refractivity contribution is -0.142. The van der Waals surface area contributed by atoms with E-state index >= 15 is 0 Å². The highest BCUT2D eigenvalue weighted by Gasteiger charge is 2.27. The lowest BCUT2D eigenvalue weighted by Crippen LogP contribution is -2.33. The van der Waals surface area contributed by atoms with Crippen LogP contribution in [-0.4, -0.2) is 19.1 Å². The van der Waals surface area contributed by atoms with Gasteiger partial charge in [0.15, 0.2) is 0 Å². The molecule has 0 amide bonds. The molecule has 0 saturated carbocycles. The second-order valence-electron chi connectivity index (χ2n) is 4.96. The van der Waals surface area contributed by atoms with Crippen LogP contribution in [0.5, 0.6) is 5.75 Å². The Morgan fingerprint density at radius 3 is 2.45 bits per heavy atom. The summed E-state index contributed by atoms with van der Waals surface area (Å²) in [6.45, 7) is 5.43. The van der Waals surface area contributed by atoms with Gasteiger partial charge in [-0.2, -0.15) is 0 Å². The minimum Gasteiger partial charge on any atom is -0.468 e. The number of benzene rings is 1. The summed E-state index contributed by atoms with van der Waals surface area (Å²) in [5, 5.41) is 2.71. The van der Waals surface area contributed by atoms with E-state index in [4.69, 9.17) is 4.52 Å². The van der Waals surface area contributed by atoms with E-state index in [1.165, 1.54) is 12.9 Å². The Labute approximate surface area is 131 Å². The molecule has 0 aliphatic carbocycles. The van der Waals surface area contributed by atoms with Crippen LogP contribution in [0.4, 0.5) is 0 Å². The van der Waals surface area contributed by atoms with E-state index in [2.05, 4.69) is 9.82 Å². The zero-order valence-corrected chi connectivity index (χ0v) is 14.2. The molecule has 6 heteroatoms. The summed E-state index contributed by atoms with van der Waals surface area (Å²) < 4.78 is 23.1. The van der Waals surface area contributed by atoms with E-state index in [9.17, 15) is 9.36 Å². The van der Waals surface area contributed by atoms with Crippen LogP contribution in [0, 0.1) is 0 Å². The Hall–Kier alpha value is -1.84. The van der Waals surface area contributed by atoms with Crippen molar-refractivity contribution in [1.82, 2.24) is 5.09 Å². The third-order valence-electron chi connectivity index (χ3n) is 2.62. The third kappa shape index (κ3) is 6.29. The van der Waals surface area contributed by atoms with Gasteiger partial charge in [0.1, 0.15) is 11.8 Å². The quantitative estimate of drug-likeness (QED) is 0.468. The highest BCUT2D eigenvalue weighted by atomic mass is 31.2. The number of carbonyl (C=O) groups is 1. The molecule has 22 heavy (non-hydrogen) atoms. The lowest BCUT2D eigenvalue weighted by atomic mass is 10.3.